The fourth-order valence-electron chi connectivity index (χ4n) is 3.72. The molecule has 4 rings (SSSR count). The minimum Gasteiger partial charge on any atom is -0.508 e. The summed E-state index contributed by atoms with van der Waals surface area (Å²) < 4.78 is 0. The first kappa shape index (κ1) is 25.5. The summed E-state index contributed by atoms with van der Waals surface area (Å²) in [5, 5.41) is 43.5. The number of hydrogen-bond donors (Lipinski definition) is 6. The number of rotatable bonds is 7. The lowest BCUT2D eigenvalue weighted by atomic mass is 9.95. The molecule has 0 unspecified atom stereocenters. The standard InChI is InChI=1S/C28H20N2O8/c31-19-8-6-17(7-9-19)29-25(33)21-10-4-15(12-23(21)27(35)36)16-5-11-22(24(13-16)28(37)38)26(34)30-18-2-1-3-20(32)14-18/h1-14,31-32H,(H,29,33)(H,30,34)(H,35,36)(H,37,38). The Kier molecular flexibility index (Phi) is 7.06. The van der Waals surface area contributed by atoms with E-state index in [4.69, 9.17) is 0 Å². The predicted molar refractivity (Wildman–Crippen MR) is 138 cm³/mol. The second-order valence-corrected chi connectivity index (χ2v) is 8.14. The molecule has 0 heterocycles. The van der Waals surface area contributed by atoms with E-state index in [2.05, 4.69) is 10.6 Å². The molecule has 10 nitrogen and oxygen atoms in total. The summed E-state index contributed by atoms with van der Waals surface area (Å²) in [6.45, 7) is 0. The molecule has 0 aliphatic rings. The van der Waals surface area contributed by atoms with E-state index in [-0.39, 0.29) is 39.4 Å². The number of benzene rings is 4. The summed E-state index contributed by atoms with van der Waals surface area (Å²) in [7, 11) is 0. The highest BCUT2D eigenvalue weighted by atomic mass is 16.4. The fourth-order valence-corrected chi connectivity index (χ4v) is 3.72. The summed E-state index contributed by atoms with van der Waals surface area (Å²) in [4.78, 5) is 49.4. The average molecular weight is 512 g/mol. The van der Waals surface area contributed by atoms with Gasteiger partial charge in [-0.05, 0) is 71.8 Å². The largest absolute Gasteiger partial charge is 0.508 e. The first-order valence-electron chi connectivity index (χ1n) is 11.1. The van der Waals surface area contributed by atoms with Gasteiger partial charge in [-0.2, -0.15) is 0 Å². The van der Waals surface area contributed by atoms with E-state index in [0.29, 0.717) is 16.8 Å². The molecule has 0 fully saturated rings. The molecular formula is C28H20N2O8. The van der Waals surface area contributed by atoms with Crippen molar-refractivity contribution in [2.45, 2.75) is 0 Å². The van der Waals surface area contributed by atoms with Crippen LogP contribution in [-0.2, 0) is 0 Å². The third kappa shape index (κ3) is 5.60. The first-order chi connectivity index (χ1) is 18.1. The lowest BCUT2D eigenvalue weighted by Crippen LogP contribution is -2.17. The molecule has 190 valence electrons. The second-order valence-electron chi connectivity index (χ2n) is 8.14. The fraction of sp³-hybridized carbons (Fsp3) is 0. The maximum absolute atomic E-state index is 12.7. The van der Waals surface area contributed by atoms with Gasteiger partial charge < -0.3 is 31.1 Å². The molecule has 0 aliphatic heterocycles. The lowest BCUT2D eigenvalue weighted by molar-refractivity contribution is 0.0683. The number of hydrogen-bond acceptors (Lipinski definition) is 6. The number of phenols is 2. The molecular weight excluding hydrogens is 492 g/mol. The van der Waals surface area contributed by atoms with Crippen LogP contribution >= 0.6 is 0 Å². The van der Waals surface area contributed by atoms with Crippen molar-refractivity contribution in [2.75, 3.05) is 10.6 Å². The van der Waals surface area contributed by atoms with Crippen LogP contribution in [0.4, 0.5) is 11.4 Å². The van der Waals surface area contributed by atoms with Gasteiger partial charge in [-0.15, -0.1) is 0 Å². The average Bonchev–Trinajstić information content (AvgIpc) is 2.89. The van der Waals surface area contributed by atoms with Gasteiger partial charge in [0.2, 0.25) is 0 Å². The van der Waals surface area contributed by atoms with Crippen LogP contribution in [0.1, 0.15) is 41.4 Å². The van der Waals surface area contributed by atoms with E-state index < -0.39 is 23.8 Å². The molecule has 4 aromatic carbocycles. The van der Waals surface area contributed by atoms with Crippen LogP contribution in [0.5, 0.6) is 11.5 Å². The summed E-state index contributed by atoms with van der Waals surface area (Å²) in [6, 6.07) is 19.4. The molecule has 38 heavy (non-hydrogen) atoms. The van der Waals surface area contributed by atoms with Gasteiger partial charge in [0.05, 0.1) is 22.3 Å². The van der Waals surface area contributed by atoms with Gasteiger partial charge in [0.25, 0.3) is 11.8 Å². The lowest BCUT2D eigenvalue weighted by Gasteiger charge is -2.12. The molecule has 10 heteroatoms. The van der Waals surface area contributed by atoms with Crippen molar-refractivity contribution in [1.82, 2.24) is 0 Å². The van der Waals surface area contributed by atoms with Gasteiger partial charge in [0, 0.05) is 17.4 Å². The van der Waals surface area contributed by atoms with Gasteiger partial charge in [-0.3, -0.25) is 9.59 Å². The molecule has 0 bridgehead atoms. The number of phenolic OH excluding ortho intramolecular Hbond substituents is 2. The molecule has 2 amide bonds. The molecule has 4 aromatic rings. The van der Waals surface area contributed by atoms with Crippen molar-refractivity contribution in [3.8, 4) is 22.6 Å². The Labute approximate surface area is 215 Å². The number of aromatic carboxylic acids is 2. The quantitative estimate of drug-likeness (QED) is 0.194. The van der Waals surface area contributed by atoms with Crippen molar-refractivity contribution in [1.29, 1.82) is 0 Å². The van der Waals surface area contributed by atoms with E-state index in [1.807, 2.05) is 0 Å². The Hall–Kier alpha value is -5.64. The van der Waals surface area contributed by atoms with Crippen molar-refractivity contribution >= 4 is 35.1 Å². The van der Waals surface area contributed by atoms with Crippen LogP contribution in [0, 0.1) is 0 Å². The van der Waals surface area contributed by atoms with Crippen LogP contribution in [0.15, 0.2) is 84.9 Å². The second kappa shape index (κ2) is 10.5. The maximum atomic E-state index is 12.7. The van der Waals surface area contributed by atoms with Crippen LogP contribution in [-0.4, -0.2) is 44.2 Å². The number of aromatic hydroxyl groups is 2. The van der Waals surface area contributed by atoms with Gasteiger partial charge >= 0.3 is 11.9 Å². The maximum Gasteiger partial charge on any atom is 0.336 e. The molecule has 0 aliphatic carbocycles. The third-order valence-corrected chi connectivity index (χ3v) is 5.55. The topological polar surface area (TPSA) is 173 Å². The Bertz CT molecular complexity index is 1580. The molecule has 0 spiro atoms. The van der Waals surface area contributed by atoms with E-state index in [1.54, 1.807) is 0 Å². The minimum absolute atomic E-state index is 0.00201. The molecule has 0 saturated carbocycles. The minimum atomic E-state index is -1.38. The normalized spacial score (nSPS) is 10.4. The zero-order valence-electron chi connectivity index (χ0n) is 19.5. The van der Waals surface area contributed by atoms with Gasteiger partial charge in [0.1, 0.15) is 11.5 Å². The molecule has 0 aromatic heterocycles. The highest BCUT2D eigenvalue weighted by Gasteiger charge is 2.21. The first-order valence-corrected chi connectivity index (χ1v) is 11.1. The Morgan fingerprint density at radius 2 is 1.00 bits per heavy atom. The number of carboxylic acids is 2. The highest BCUT2D eigenvalue weighted by Crippen LogP contribution is 2.27. The van der Waals surface area contributed by atoms with E-state index >= 15 is 0 Å². The predicted octanol–water partition coefficient (Wildman–Crippen LogP) is 4.67. The zero-order chi connectivity index (χ0) is 27.4. The molecule has 0 atom stereocenters. The Morgan fingerprint density at radius 1 is 0.500 bits per heavy atom. The van der Waals surface area contributed by atoms with Gasteiger partial charge in [0.15, 0.2) is 0 Å². The number of carbonyl (C=O) groups excluding carboxylic acids is 2. The highest BCUT2D eigenvalue weighted by molar-refractivity contribution is 6.12. The third-order valence-electron chi connectivity index (χ3n) is 5.55. The number of anilines is 2. The Balaban J connectivity index is 1.65. The van der Waals surface area contributed by atoms with E-state index in [0.717, 1.165) is 0 Å². The molecule has 0 saturated heterocycles. The summed E-state index contributed by atoms with van der Waals surface area (Å²) in [6.07, 6.45) is 0. The van der Waals surface area contributed by atoms with Crippen LogP contribution in [0.2, 0.25) is 0 Å². The monoisotopic (exact) mass is 512 g/mol. The van der Waals surface area contributed by atoms with Crippen molar-refractivity contribution in [3.05, 3.63) is 107 Å². The van der Waals surface area contributed by atoms with Gasteiger partial charge in [-0.25, -0.2) is 9.59 Å². The summed E-state index contributed by atoms with van der Waals surface area (Å²) >= 11 is 0. The number of amides is 2. The van der Waals surface area contributed by atoms with Gasteiger partial charge in [-0.1, -0.05) is 18.2 Å². The number of carboxylic acid groups (broad SMARTS) is 2. The van der Waals surface area contributed by atoms with Crippen LogP contribution in [0.25, 0.3) is 11.1 Å². The summed E-state index contributed by atoms with van der Waals surface area (Å²) in [5.74, 6) is -4.23. The smallest absolute Gasteiger partial charge is 0.336 e. The van der Waals surface area contributed by atoms with E-state index in [1.165, 1.54) is 84.9 Å². The number of carbonyl (C=O) groups is 4. The number of nitrogens with one attached hydrogen (secondary N) is 2. The zero-order valence-corrected chi connectivity index (χ0v) is 19.5. The molecule has 6 N–H and O–H groups in total. The van der Waals surface area contributed by atoms with Crippen molar-refractivity contribution in [2.24, 2.45) is 0 Å². The molecule has 0 radical (unpaired) electrons. The Morgan fingerprint density at radius 3 is 1.47 bits per heavy atom. The van der Waals surface area contributed by atoms with Crippen LogP contribution < -0.4 is 10.6 Å². The van der Waals surface area contributed by atoms with Crippen molar-refractivity contribution in [3.63, 3.8) is 0 Å². The summed E-state index contributed by atoms with van der Waals surface area (Å²) in [5.41, 5.74) is 0.312. The van der Waals surface area contributed by atoms with Crippen molar-refractivity contribution < 1.29 is 39.6 Å². The van der Waals surface area contributed by atoms with E-state index in [9.17, 15) is 39.6 Å². The van der Waals surface area contributed by atoms with Crippen LogP contribution in [0.3, 0.4) is 0 Å². The SMILES string of the molecule is O=C(O)c1cc(-c2ccc(C(=O)Nc3cccc(O)c3)c(C(=O)O)c2)ccc1C(=O)Nc1ccc(O)cc1.